The Hall–Kier alpha value is -1.58. The van der Waals surface area contributed by atoms with Gasteiger partial charge in [0.1, 0.15) is 4.90 Å². The van der Waals surface area contributed by atoms with Gasteiger partial charge in [0.05, 0.1) is 17.7 Å². The van der Waals surface area contributed by atoms with Crippen molar-refractivity contribution >= 4 is 15.7 Å². The zero-order valence-electron chi connectivity index (χ0n) is 11.4. The van der Waals surface area contributed by atoms with Gasteiger partial charge in [-0.25, -0.2) is 8.42 Å². The molecule has 1 aromatic carbocycles. The van der Waals surface area contributed by atoms with Crippen LogP contribution in [-0.4, -0.2) is 32.9 Å². The molecule has 1 rings (SSSR count). The molecule has 0 aliphatic carbocycles. The largest absolute Gasteiger partial charge is 0.387 e. The van der Waals surface area contributed by atoms with Gasteiger partial charge in [0.15, 0.2) is 0 Å². The van der Waals surface area contributed by atoms with Crippen molar-refractivity contribution in [1.29, 1.82) is 5.26 Å². The predicted octanol–water partition coefficient (Wildman–Crippen LogP) is 1.90. The number of hydrogen-bond acceptors (Lipinski definition) is 4. The summed E-state index contributed by atoms with van der Waals surface area (Å²) in [4.78, 5) is 0.240. The van der Waals surface area contributed by atoms with Gasteiger partial charge >= 0.3 is 0 Å². The first-order valence-corrected chi connectivity index (χ1v) is 7.57. The van der Waals surface area contributed by atoms with Crippen LogP contribution in [0.3, 0.4) is 0 Å². The molecule has 1 N–H and O–H groups in total. The van der Waals surface area contributed by atoms with Crippen molar-refractivity contribution in [3.8, 4) is 6.07 Å². The van der Waals surface area contributed by atoms with Gasteiger partial charge in [0.2, 0.25) is 10.0 Å². The van der Waals surface area contributed by atoms with Crippen LogP contribution in [-0.2, 0) is 10.0 Å². The van der Waals surface area contributed by atoms with Crippen LogP contribution in [0, 0.1) is 17.2 Å². The van der Waals surface area contributed by atoms with E-state index in [0.717, 1.165) is 0 Å². The Morgan fingerprint density at radius 3 is 2.58 bits per heavy atom. The van der Waals surface area contributed by atoms with E-state index < -0.39 is 10.0 Å². The van der Waals surface area contributed by atoms with Gasteiger partial charge in [-0.05, 0) is 19.1 Å². The summed E-state index contributed by atoms with van der Waals surface area (Å²) in [7, 11) is -1.90. The van der Waals surface area contributed by atoms with E-state index in [2.05, 4.69) is 11.4 Å². The fraction of sp³-hybridized carbons (Fsp3) is 0.462. The molecule has 0 amide bonds. The highest BCUT2D eigenvalue weighted by atomic mass is 32.2. The standard InChI is InChI=1S/C13H19N3O2S/c1-4-16(10-11(2)9-14)19(17,18)13-8-6-5-7-12(13)15-3/h5-8,11,15H,4,10H2,1-3H3. The lowest BCUT2D eigenvalue weighted by Gasteiger charge is -2.22. The van der Waals surface area contributed by atoms with Crippen molar-refractivity contribution in [2.24, 2.45) is 5.92 Å². The molecule has 0 spiro atoms. The number of nitrogens with one attached hydrogen (secondary N) is 1. The number of nitriles is 1. The third kappa shape index (κ3) is 3.46. The molecule has 0 aromatic heterocycles. The molecule has 0 saturated carbocycles. The van der Waals surface area contributed by atoms with Crippen LogP contribution in [0.15, 0.2) is 29.2 Å². The number of anilines is 1. The number of para-hydroxylation sites is 1. The van der Waals surface area contributed by atoms with Gasteiger partial charge in [-0.1, -0.05) is 19.1 Å². The van der Waals surface area contributed by atoms with Gasteiger partial charge in [-0.3, -0.25) is 0 Å². The van der Waals surface area contributed by atoms with Crippen LogP contribution in [0.25, 0.3) is 0 Å². The fourth-order valence-corrected chi connectivity index (χ4v) is 3.52. The normalized spacial score (nSPS) is 13.0. The minimum Gasteiger partial charge on any atom is -0.387 e. The quantitative estimate of drug-likeness (QED) is 0.864. The summed E-state index contributed by atoms with van der Waals surface area (Å²) in [6.45, 7) is 4.02. The zero-order chi connectivity index (χ0) is 14.5. The SMILES string of the molecule is CCN(CC(C)C#N)S(=O)(=O)c1ccccc1NC. The average molecular weight is 281 g/mol. The molecule has 0 saturated heterocycles. The highest BCUT2D eigenvalue weighted by Crippen LogP contribution is 2.24. The van der Waals surface area contributed by atoms with E-state index in [9.17, 15) is 8.42 Å². The first kappa shape index (κ1) is 15.5. The Morgan fingerprint density at radius 2 is 2.05 bits per heavy atom. The molecule has 5 nitrogen and oxygen atoms in total. The highest BCUT2D eigenvalue weighted by molar-refractivity contribution is 7.89. The molecule has 19 heavy (non-hydrogen) atoms. The van der Waals surface area contributed by atoms with Crippen LogP contribution >= 0.6 is 0 Å². The second kappa shape index (κ2) is 6.55. The Morgan fingerprint density at radius 1 is 1.42 bits per heavy atom. The average Bonchev–Trinajstić information content (AvgIpc) is 2.43. The smallest absolute Gasteiger partial charge is 0.245 e. The summed E-state index contributed by atoms with van der Waals surface area (Å²) in [5.74, 6) is -0.337. The fourth-order valence-electron chi connectivity index (χ4n) is 1.78. The Bertz CT molecular complexity index is 563. The van der Waals surface area contributed by atoms with Crippen molar-refractivity contribution in [2.45, 2.75) is 18.7 Å². The Labute approximate surface area is 114 Å². The van der Waals surface area contributed by atoms with Crippen molar-refractivity contribution in [3.63, 3.8) is 0 Å². The summed E-state index contributed by atoms with van der Waals surface area (Å²) in [6.07, 6.45) is 0. The molecule has 0 heterocycles. The van der Waals surface area contributed by atoms with E-state index in [1.807, 2.05) is 0 Å². The van der Waals surface area contributed by atoms with Crippen molar-refractivity contribution < 1.29 is 8.42 Å². The molecule has 0 bridgehead atoms. The Kier molecular flexibility index (Phi) is 5.33. The van der Waals surface area contributed by atoms with Crippen molar-refractivity contribution in [3.05, 3.63) is 24.3 Å². The second-order valence-corrected chi connectivity index (χ2v) is 6.14. The van der Waals surface area contributed by atoms with Crippen LogP contribution in [0.1, 0.15) is 13.8 Å². The van der Waals surface area contributed by atoms with E-state index >= 15 is 0 Å². The van der Waals surface area contributed by atoms with Gasteiger partial charge in [-0.15, -0.1) is 0 Å². The topological polar surface area (TPSA) is 73.2 Å². The third-order valence-corrected chi connectivity index (χ3v) is 4.82. The van der Waals surface area contributed by atoms with E-state index in [1.165, 1.54) is 4.31 Å². The van der Waals surface area contributed by atoms with E-state index in [-0.39, 0.29) is 17.4 Å². The van der Waals surface area contributed by atoms with Crippen molar-refractivity contribution in [2.75, 3.05) is 25.5 Å². The summed E-state index contributed by atoms with van der Waals surface area (Å²) in [6, 6.07) is 8.81. The number of rotatable bonds is 6. The Balaban J connectivity index is 3.18. The maximum atomic E-state index is 12.6. The van der Waals surface area contributed by atoms with Crippen LogP contribution in [0.4, 0.5) is 5.69 Å². The zero-order valence-corrected chi connectivity index (χ0v) is 12.2. The first-order valence-electron chi connectivity index (χ1n) is 6.13. The molecule has 0 aliphatic heterocycles. The lowest BCUT2D eigenvalue weighted by Crippen LogP contribution is -2.34. The van der Waals surface area contributed by atoms with Gasteiger partial charge in [0.25, 0.3) is 0 Å². The van der Waals surface area contributed by atoms with E-state index in [4.69, 9.17) is 5.26 Å². The summed E-state index contributed by atoms with van der Waals surface area (Å²) >= 11 is 0. The van der Waals surface area contributed by atoms with Crippen molar-refractivity contribution in [1.82, 2.24) is 4.31 Å². The maximum absolute atomic E-state index is 12.6. The summed E-state index contributed by atoms with van der Waals surface area (Å²) in [5, 5.41) is 11.7. The number of benzene rings is 1. The molecule has 1 aromatic rings. The molecule has 0 fully saturated rings. The number of nitrogens with zero attached hydrogens (tertiary/aromatic N) is 2. The van der Waals surface area contributed by atoms with Crippen LogP contribution in [0.5, 0.6) is 0 Å². The van der Waals surface area contributed by atoms with Crippen LogP contribution in [0.2, 0.25) is 0 Å². The predicted molar refractivity (Wildman–Crippen MR) is 75.2 cm³/mol. The van der Waals surface area contributed by atoms with Gasteiger partial charge in [-0.2, -0.15) is 9.57 Å². The molecule has 1 atom stereocenters. The molecule has 0 aliphatic rings. The third-order valence-electron chi connectivity index (χ3n) is 2.82. The van der Waals surface area contributed by atoms with E-state index in [0.29, 0.717) is 12.2 Å². The number of sulfonamides is 1. The minimum absolute atomic E-state index is 0.202. The van der Waals surface area contributed by atoms with Gasteiger partial charge < -0.3 is 5.32 Å². The minimum atomic E-state index is -3.58. The highest BCUT2D eigenvalue weighted by Gasteiger charge is 2.26. The lowest BCUT2D eigenvalue weighted by atomic mass is 10.2. The molecule has 0 radical (unpaired) electrons. The molecular weight excluding hydrogens is 262 g/mol. The second-order valence-electron chi connectivity index (χ2n) is 4.23. The maximum Gasteiger partial charge on any atom is 0.245 e. The molecular formula is C13H19N3O2S. The molecule has 104 valence electrons. The lowest BCUT2D eigenvalue weighted by molar-refractivity contribution is 0.400. The molecule has 6 heteroatoms. The first-order chi connectivity index (χ1) is 8.97. The summed E-state index contributed by atoms with van der Waals surface area (Å²) < 4.78 is 26.5. The molecule has 1 unspecified atom stereocenters. The van der Waals surface area contributed by atoms with E-state index in [1.54, 1.807) is 45.2 Å². The van der Waals surface area contributed by atoms with Crippen LogP contribution < -0.4 is 5.32 Å². The van der Waals surface area contributed by atoms with Gasteiger partial charge in [0, 0.05) is 20.1 Å². The summed E-state index contributed by atoms with van der Waals surface area (Å²) in [5.41, 5.74) is 0.561. The number of hydrogen-bond donors (Lipinski definition) is 1. The monoisotopic (exact) mass is 281 g/mol.